The van der Waals surface area contributed by atoms with Gasteiger partial charge >= 0.3 is 0 Å². The molecule has 0 saturated heterocycles. The molecule has 0 aliphatic rings. The summed E-state index contributed by atoms with van der Waals surface area (Å²) in [5.41, 5.74) is 5.46. The topological polar surface area (TPSA) is 7.76 Å². The highest BCUT2D eigenvalue weighted by Crippen LogP contribution is 2.09. The molecule has 0 unspecified atom stereocenters. The zero-order chi connectivity index (χ0) is 18.8. The summed E-state index contributed by atoms with van der Waals surface area (Å²) in [6.45, 7) is 11.1. The van der Waals surface area contributed by atoms with Crippen LogP contribution in [0.3, 0.4) is 0 Å². The first-order valence-corrected chi connectivity index (χ1v) is 10.5. The average molecular weight is 355 g/mol. The largest absolute Gasteiger partial charge is 0.205 e. The summed E-state index contributed by atoms with van der Waals surface area (Å²) in [6.07, 6.45) is 19.9. The van der Waals surface area contributed by atoms with E-state index in [1.165, 1.54) is 73.6 Å². The molecule has 2 heteroatoms. The van der Waals surface area contributed by atoms with Crippen LogP contribution in [0.5, 0.6) is 0 Å². The van der Waals surface area contributed by atoms with Gasteiger partial charge in [-0.05, 0) is 52.7 Å². The number of unbranched alkanes of at least 4 members (excludes halogenated alkanes) is 7. The Morgan fingerprint density at radius 3 is 1.04 bits per heavy atom. The molecule has 0 saturated carbocycles. The van der Waals surface area contributed by atoms with Gasteiger partial charge in [-0.15, -0.1) is 0 Å². The SMILES string of the molecule is Cc1cc(C)c[n+](CCCCCCCCCC[n+]2cc(C)cc(C)c2)c1. The third-order valence-electron chi connectivity index (χ3n) is 4.97. The average Bonchev–Trinajstić information content (AvgIpc) is 2.55. The second-order valence-corrected chi connectivity index (χ2v) is 8.09. The van der Waals surface area contributed by atoms with E-state index >= 15 is 0 Å². The highest BCUT2D eigenvalue weighted by Gasteiger charge is 2.04. The van der Waals surface area contributed by atoms with Gasteiger partial charge < -0.3 is 0 Å². The molecule has 0 N–H and O–H groups in total. The first kappa shape index (κ1) is 20.6. The van der Waals surface area contributed by atoms with Crippen molar-refractivity contribution in [3.05, 3.63) is 59.2 Å². The highest BCUT2D eigenvalue weighted by molar-refractivity contribution is 5.11. The van der Waals surface area contributed by atoms with Crippen molar-refractivity contribution in [2.75, 3.05) is 0 Å². The fourth-order valence-electron chi connectivity index (χ4n) is 3.90. The van der Waals surface area contributed by atoms with E-state index in [-0.39, 0.29) is 0 Å². The van der Waals surface area contributed by atoms with Crippen molar-refractivity contribution in [3.63, 3.8) is 0 Å². The molecule has 0 radical (unpaired) electrons. The molecule has 0 fully saturated rings. The first-order valence-electron chi connectivity index (χ1n) is 10.5. The molecule has 0 bridgehead atoms. The number of hydrogen-bond donors (Lipinski definition) is 0. The monoisotopic (exact) mass is 354 g/mol. The molecule has 0 atom stereocenters. The Balaban J connectivity index is 1.47. The van der Waals surface area contributed by atoms with Crippen LogP contribution in [0.15, 0.2) is 36.9 Å². The molecule has 0 spiro atoms. The quantitative estimate of drug-likeness (QED) is 0.381. The van der Waals surface area contributed by atoms with E-state index < -0.39 is 0 Å². The Morgan fingerprint density at radius 1 is 0.462 bits per heavy atom. The van der Waals surface area contributed by atoms with Crippen molar-refractivity contribution in [2.45, 2.75) is 92.2 Å². The fourth-order valence-corrected chi connectivity index (χ4v) is 3.90. The fraction of sp³-hybridized carbons (Fsp3) is 0.583. The van der Waals surface area contributed by atoms with Crippen LogP contribution in [0.1, 0.15) is 73.6 Å². The maximum atomic E-state index is 2.36. The van der Waals surface area contributed by atoms with Crippen molar-refractivity contribution in [3.8, 4) is 0 Å². The summed E-state index contributed by atoms with van der Waals surface area (Å²) < 4.78 is 4.71. The number of aryl methyl sites for hydroxylation is 6. The van der Waals surface area contributed by atoms with E-state index in [0.29, 0.717) is 0 Å². The molecular formula is C24H38N2+2. The Hall–Kier alpha value is -1.70. The minimum absolute atomic E-state index is 1.16. The first-order chi connectivity index (χ1) is 12.5. The summed E-state index contributed by atoms with van der Waals surface area (Å²) in [7, 11) is 0. The lowest BCUT2D eigenvalue weighted by Crippen LogP contribution is -2.33. The minimum Gasteiger partial charge on any atom is -0.205 e. The third-order valence-corrected chi connectivity index (χ3v) is 4.97. The Kier molecular flexibility index (Phi) is 8.80. The van der Waals surface area contributed by atoms with Gasteiger partial charge in [0, 0.05) is 35.1 Å². The van der Waals surface area contributed by atoms with Gasteiger partial charge in [-0.3, -0.25) is 0 Å². The molecule has 0 aliphatic heterocycles. The van der Waals surface area contributed by atoms with Crippen LogP contribution in [-0.2, 0) is 13.1 Å². The standard InChI is InChI=1S/C24H38N2/c1-21-15-22(2)18-25(17-21)13-11-9-7-5-6-8-10-12-14-26-19-23(3)16-24(4)20-26/h15-20H,5-14H2,1-4H3/q+2. The van der Waals surface area contributed by atoms with Crippen molar-refractivity contribution >= 4 is 0 Å². The summed E-state index contributed by atoms with van der Waals surface area (Å²) in [6, 6.07) is 4.49. The van der Waals surface area contributed by atoms with Crippen molar-refractivity contribution in [1.29, 1.82) is 0 Å². The molecule has 2 heterocycles. The van der Waals surface area contributed by atoms with Gasteiger partial charge in [0.2, 0.25) is 0 Å². The van der Waals surface area contributed by atoms with Crippen molar-refractivity contribution < 1.29 is 9.13 Å². The molecule has 2 aromatic rings. The molecule has 0 aromatic carbocycles. The maximum absolute atomic E-state index is 2.36. The number of nitrogens with zero attached hydrogens (tertiary/aromatic N) is 2. The van der Waals surface area contributed by atoms with Crippen LogP contribution in [0, 0.1) is 27.7 Å². The van der Waals surface area contributed by atoms with Gasteiger partial charge in [0.25, 0.3) is 0 Å². The van der Waals surface area contributed by atoms with Gasteiger partial charge in [-0.1, -0.05) is 25.7 Å². The second-order valence-electron chi connectivity index (χ2n) is 8.09. The molecule has 0 aliphatic carbocycles. The molecule has 2 aromatic heterocycles. The van der Waals surface area contributed by atoms with Gasteiger partial charge in [0.05, 0.1) is 0 Å². The summed E-state index contributed by atoms with van der Waals surface area (Å²) in [4.78, 5) is 0. The summed E-state index contributed by atoms with van der Waals surface area (Å²) >= 11 is 0. The van der Waals surface area contributed by atoms with Crippen molar-refractivity contribution in [1.82, 2.24) is 0 Å². The smallest absolute Gasteiger partial charge is 0.171 e. The third kappa shape index (κ3) is 8.12. The number of hydrogen-bond acceptors (Lipinski definition) is 0. The van der Waals surface area contributed by atoms with Crippen LogP contribution in [0.4, 0.5) is 0 Å². The van der Waals surface area contributed by atoms with E-state index in [0.717, 1.165) is 13.1 Å². The Labute approximate surface area is 160 Å². The predicted molar refractivity (Wildman–Crippen MR) is 109 cm³/mol. The van der Waals surface area contributed by atoms with Crippen LogP contribution in [0.2, 0.25) is 0 Å². The second kappa shape index (κ2) is 11.1. The van der Waals surface area contributed by atoms with Gasteiger partial charge in [-0.2, -0.15) is 0 Å². The van der Waals surface area contributed by atoms with Gasteiger partial charge in [-0.25, -0.2) is 9.13 Å². The van der Waals surface area contributed by atoms with E-state index in [9.17, 15) is 0 Å². The van der Waals surface area contributed by atoms with Crippen LogP contribution in [0.25, 0.3) is 0 Å². The Bertz CT molecular complexity index is 576. The number of aromatic nitrogens is 2. The molecule has 142 valence electrons. The zero-order valence-corrected chi connectivity index (χ0v) is 17.4. The van der Waals surface area contributed by atoms with E-state index in [2.05, 4.69) is 73.7 Å². The number of rotatable bonds is 11. The molecule has 26 heavy (non-hydrogen) atoms. The van der Waals surface area contributed by atoms with E-state index in [1.54, 1.807) is 0 Å². The lowest BCUT2D eigenvalue weighted by Gasteiger charge is -2.03. The summed E-state index contributed by atoms with van der Waals surface area (Å²) in [5, 5.41) is 0. The lowest BCUT2D eigenvalue weighted by atomic mass is 10.1. The minimum atomic E-state index is 1.16. The van der Waals surface area contributed by atoms with Crippen LogP contribution in [-0.4, -0.2) is 0 Å². The normalized spacial score (nSPS) is 11.1. The van der Waals surface area contributed by atoms with Crippen LogP contribution >= 0.6 is 0 Å². The maximum Gasteiger partial charge on any atom is 0.171 e. The molecule has 2 rings (SSSR count). The predicted octanol–water partition coefficient (Wildman–Crippen LogP) is 5.32. The summed E-state index contributed by atoms with van der Waals surface area (Å²) in [5.74, 6) is 0. The van der Waals surface area contributed by atoms with Crippen molar-refractivity contribution in [2.24, 2.45) is 0 Å². The Morgan fingerprint density at radius 2 is 0.731 bits per heavy atom. The molecule has 0 amide bonds. The van der Waals surface area contributed by atoms with E-state index in [4.69, 9.17) is 0 Å². The van der Waals surface area contributed by atoms with Gasteiger partial charge in [0.15, 0.2) is 24.8 Å². The van der Waals surface area contributed by atoms with Crippen LogP contribution < -0.4 is 9.13 Å². The van der Waals surface area contributed by atoms with E-state index in [1.807, 2.05) is 0 Å². The van der Waals surface area contributed by atoms with Gasteiger partial charge in [0.1, 0.15) is 13.1 Å². The lowest BCUT2D eigenvalue weighted by molar-refractivity contribution is -0.698. The zero-order valence-electron chi connectivity index (χ0n) is 17.4. The highest BCUT2D eigenvalue weighted by atomic mass is 14.9. The molecular weight excluding hydrogens is 316 g/mol. The molecule has 2 nitrogen and oxygen atoms in total. The number of pyridine rings is 2.